The van der Waals surface area contributed by atoms with Crippen molar-refractivity contribution < 1.29 is 9.59 Å². The second kappa shape index (κ2) is 10.2. The Hall–Kier alpha value is -2.75. The largest absolute Gasteiger partial charge is 0.368 e. The van der Waals surface area contributed by atoms with Gasteiger partial charge in [0, 0.05) is 47.6 Å². The van der Waals surface area contributed by atoms with Crippen LogP contribution in [0.3, 0.4) is 0 Å². The molecule has 1 aliphatic rings. The molecule has 0 saturated carbocycles. The number of rotatable bonds is 4. The first-order chi connectivity index (χ1) is 15.5. The number of hydrogen-bond acceptors (Lipinski definition) is 5. The van der Waals surface area contributed by atoms with Gasteiger partial charge in [-0.2, -0.15) is 0 Å². The number of thiophene rings is 1. The van der Waals surface area contributed by atoms with E-state index in [1.165, 1.54) is 11.3 Å². The quantitative estimate of drug-likeness (QED) is 0.484. The fraction of sp³-hybridized carbons (Fsp3) is 0.174. The van der Waals surface area contributed by atoms with E-state index in [2.05, 4.69) is 31.5 Å². The van der Waals surface area contributed by atoms with Gasteiger partial charge in [-0.25, -0.2) is 0 Å². The van der Waals surface area contributed by atoms with Crippen LogP contribution in [0, 0.1) is 0 Å². The van der Waals surface area contributed by atoms with Gasteiger partial charge >= 0.3 is 0 Å². The molecular formula is C23H21BrN4O2S2. The van der Waals surface area contributed by atoms with E-state index in [1.807, 2.05) is 58.8 Å². The number of nitrogens with zero attached hydrogens (tertiary/aromatic N) is 2. The van der Waals surface area contributed by atoms with E-state index >= 15 is 0 Å². The standard InChI is InChI=1S/C23H21BrN4O2S2/c24-17-5-3-16(4-6-17)21(29)26-23(31)25-18-7-9-19(10-8-18)27-11-13-28(14-12-27)22(30)20-2-1-15-32-20/h1-10,15H,11-14H2,(H2,25,26,29,31). The summed E-state index contributed by atoms with van der Waals surface area (Å²) in [4.78, 5) is 29.7. The summed E-state index contributed by atoms with van der Waals surface area (Å²) in [6, 6.07) is 18.7. The van der Waals surface area contributed by atoms with E-state index in [9.17, 15) is 9.59 Å². The first kappa shape index (κ1) is 22.4. The Morgan fingerprint density at radius 2 is 1.62 bits per heavy atom. The number of benzene rings is 2. The summed E-state index contributed by atoms with van der Waals surface area (Å²) in [5.41, 5.74) is 2.41. The van der Waals surface area contributed by atoms with E-state index in [0.717, 1.165) is 33.8 Å². The van der Waals surface area contributed by atoms with Crippen LogP contribution < -0.4 is 15.5 Å². The SMILES string of the molecule is O=C(NC(=S)Nc1ccc(N2CCN(C(=O)c3cccs3)CC2)cc1)c1ccc(Br)cc1. The molecule has 2 aromatic carbocycles. The van der Waals surface area contributed by atoms with Gasteiger partial charge in [0.2, 0.25) is 0 Å². The van der Waals surface area contributed by atoms with Crippen molar-refractivity contribution in [3.05, 3.63) is 81.0 Å². The fourth-order valence-corrected chi connectivity index (χ4v) is 4.58. The summed E-state index contributed by atoms with van der Waals surface area (Å²) in [6.07, 6.45) is 0. The Bertz CT molecular complexity index is 1090. The topological polar surface area (TPSA) is 64.7 Å². The van der Waals surface area contributed by atoms with Crippen LogP contribution in [0.4, 0.5) is 11.4 Å². The summed E-state index contributed by atoms with van der Waals surface area (Å²) in [6.45, 7) is 2.96. The van der Waals surface area contributed by atoms with Gasteiger partial charge in [-0.3, -0.25) is 14.9 Å². The third kappa shape index (κ3) is 5.53. The monoisotopic (exact) mass is 528 g/mol. The molecule has 1 fully saturated rings. The van der Waals surface area contributed by atoms with Gasteiger partial charge < -0.3 is 15.1 Å². The van der Waals surface area contributed by atoms with Crippen molar-refractivity contribution in [2.75, 3.05) is 36.4 Å². The molecule has 0 atom stereocenters. The maximum absolute atomic E-state index is 12.5. The van der Waals surface area contributed by atoms with E-state index in [1.54, 1.807) is 12.1 Å². The van der Waals surface area contributed by atoms with Crippen molar-refractivity contribution in [3.8, 4) is 0 Å². The molecule has 3 aromatic rings. The van der Waals surface area contributed by atoms with Crippen molar-refractivity contribution in [1.29, 1.82) is 0 Å². The highest BCUT2D eigenvalue weighted by Gasteiger charge is 2.22. The van der Waals surface area contributed by atoms with Crippen LogP contribution in [0.25, 0.3) is 0 Å². The molecule has 2 heterocycles. The van der Waals surface area contributed by atoms with Gasteiger partial charge in [0.05, 0.1) is 4.88 Å². The van der Waals surface area contributed by atoms with E-state index in [4.69, 9.17) is 12.2 Å². The molecule has 0 spiro atoms. The first-order valence-corrected chi connectivity index (χ1v) is 12.1. The molecule has 2 amide bonds. The highest BCUT2D eigenvalue weighted by atomic mass is 79.9. The lowest BCUT2D eigenvalue weighted by Crippen LogP contribution is -2.48. The molecule has 0 aliphatic carbocycles. The molecule has 1 aromatic heterocycles. The van der Waals surface area contributed by atoms with Gasteiger partial charge in [0.15, 0.2) is 5.11 Å². The second-order valence-electron chi connectivity index (χ2n) is 7.22. The summed E-state index contributed by atoms with van der Waals surface area (Å²) < 4.78 is 0.908. The lowest BCUT2D eigenvalue weighted by atomic mass is 10.2. The van der Waals surface area contributed by atoms with Crippen LogP contribution in [-0.4, -0.2) is 48.0 Å². The van der Waals surface area contributed by atoms with Crippen LogP contribution in [0.2, 0.25) is 0 Å². The van der Waals surface area contributed by atoms with Gasteiger partial charge in [-0.05, 0) is 72.2 Å². The summed E-state index contributed by atoms with van der Waals surface area (Å²) >= 11 is 10.1. The predicted molar refractivity (Wildman–Crippen MR) is 137 cm³/mol. The number of nitrogens with one attached hydrogen (secondary N) is 2. The highest BCUT2D eigenvalue weighted by Crippen LogP contribution is 2.21. The minimum absolute atomic E-state index is 0.109. The molecule has 4 rings (SSSR count). The molecule has 0 unspecified atom stereocenters. The average Bonchev–Trinajstić information content (AvgIpc) is 3.34. The Kier molecular flexibility index (Phi) is 7.19. The maximum atomic E-state index is 12.5. The lowest BCUT2D eigenvalue weighted by Gasteiger charge is -2.36. The van der Waals surface area contributed by atoms with Crippen LogP contribution in [-0.2, 0) is 0 Å². The Balaban J connectivity index is 1.28. The summed E-state index contributed by atoms with van der Waals surface area (Å²) in [7, 11) is 0. The van der Waals surface area contributed by atoms with E-state index in [-0.39, 0.29) is 16.9 Å². The maximum Gasteiger partial charge on any atom is 0.264 e. The Morgan fingerprint density at radius 3 is 2.25 bits per heavy atom. The zero-order valence-corrected chi connectivity index (χ0v) is 20.3. The molecular weight excluding hydrogens is 508 g/mol. The third-order valence-corrected chi connectivity index (χ3v) is 6.71. The summed E-state index contributed by atoms with van der Waals surface area (Å²) in [5, 5.41) is 7.90. The fourth-order valence-electron chi connectivity index (χ4n) is 3.42. The van der Waals surface area contributed by atoms with Gasteiger partial charge in [-0.1, -0.05) is 22.0 Å². The highest BCUT2D eigenvalue weighted by molar-refractivity contribution is 9.10. The van der Waals surface area contributed by atoms with Crippen molar-refractivity contribution >= 4 is 67.8 Å². The van der Waals surface area contributed by atoms with E-state index in [0.29, 0.717) is 18.7 Å². The summed E-state index contributed by atoms with van der Waals surface area (Å²) in [5.74, 6) is -0.153. The first-order valence-electron chi connectivity index (χ1n) is 10.1. The van der Waals surface area contributed by atoms with Crippen molar-refractivity contribution in [2.24, 2.45) is 0 Å². The molecule has 32 heavy (non-hydrogen) atoms. The average molecular weight is 529 g/mol. The minimum Gasteiger partial charge on any atom is -0.368 e. The molecule has 6 nitrogen and oxygen atoms in total. The number of carbonyl (C=O) groups excluding carboxylic acids is 2. The number of thiocarbonyl (C=S) groups is 1. The lowest BCUT2D eigenvalue weighted by molar-refractivity contribution is 0.0751. The van der Waals surface area contributed by atoms with E-state index < -0.39 is 0 Å². The Labute approximate surface area is 204 Å². The molecule has 2 N–H and O–H groups in total. The number of halogens is 1. The number of carbonyl (C=O) groups is 2. The molecule has 0 radical (unpaired) electrons. The second-order valence-corrected chi connectivity index (χ2v) is 9.49. The normalized spacial score (nSPS) is 13.5. The molecule has 1 saturated heterocycles. The number of anilines is 2. The molecule has 1 aliphatic heterocycles. The Morgan fingerprint density at radius 1 is 0.938 bits per heavy atom. The van der Waals surface area contributed by atoms with Gasteiger partial charge in [0.1, 0.15) is 0 Å². The van der Waals surface area contributed by atoms with Gasteiger partial charge in [-0.15, -0.1) is 11.3 Å². The molecule has 0 bridgehead atoms. The number of piperazine rings is 1. The van der Waals surface area contributed by atoms with Crippen LogP contribution >= 0.6 is 39.5 Å². The van der Waals surface area contributed by atoms with Crippen molar-refractivity contribution in [3.63, 3.8) is 0 Å². The zero-order valence-electron chi connectivity index (χ0n) is 17.1. The van der Waals surface area contributed by atoms with Crippen molar-refractivity contribution in [1.82, 2.24) is 10.2 Å². The molecule has 164 valence electrons. The minimum atomic E-state index is -0.262. The van der Waals surface area contributed by atoms with Gasteiger partial charge in [0.25, 0.3) is 11.8 Å². The van der Waals surface area contributed by atoms with Crippen LogP contribution in [0.5, 0.6) is 0 Å². The zero-order chi connectivity index (χ0) is 22.5. The third-order valence-electron chi connectivity index (χ3n) is 5.12. The van der Waals surface area contributed by atoms with Crippen LogP contribution in [0.15, 0.2) is 70.5 Å². The van der Waals surface area contributed by atoms with Crippen LogP contribution in [0.1, 0.15) is 20.0 Å². The molecule has 9 heteroatoms. The number of amides is 2. The van der Waals surface area contributed by atoms with Crippen molar-refractivity contribution in [2.45, 2.75) is 0 Å². The smallest absolute Gasteiger partial charge is 0.264 e. The number of hydrogen-bond donors (Lipinski definition) is 2. The predicted octanol–water partition coefficient (Wildman–Crippen LogP) is 4.60.